The number of hydrogen-bond donors (Lipinski definition) is 1. The number of hydrogen-bond acceptors (Lipinski definition) is 6. The summed E-state index contributed by atoms with van der Waals surface area (Å²) in [6, 6.07) is 8.27. The number of furan rings is 1. The van der Waals surface area contributed by atoms with E-state index in [2.05, 4.69) is 5.32 Å². The lowest BCUT2D eigenvalue weighted by atomic mass is 10.2. The quantitative estimate of drug-likeness (QED) is 0.344. The second-order valence-corrected chi connectivity index (χ2v) is 7.08. The predicted octanol–water partition coefficient (Wildman–Crippen LogP) is 3.30. The van der Waals surface area contributed by atoms with Crippen LogP contribution in [0, 0.1) is 17.0 Å². The van der Waals surface area contributed by atoms with Crippen molar-refractivity contribution in [2.24, 2.45) is 0 Å². The molecule has 2 aromatic rings. The second kappa shape index (κ2) is 7.08. The summed E-state index contributed by atoms with van der Waals surface area (Å²) in [4.78, 5) is 24.5. The molecule has 2 aliphatic rings. The summed E-state index contributed by atoms with van der Waals surface area (Å²) < 4.78 is 11.3. The summed E-state index contributed by atoms with van der Waals surface area (Å²) in [5, 5.41) is 14.2. The average molecular weight is 399 g/mol. The molecule has 9 heteroatoms. The van der Waals surface area contributed by atoms with E-state index in [9.17, 15) is 14.9 Å². The first-order valence-electron chi connectivity index (χ1n) is 8.75. The number of ether oxygens (including phenoxy) is 1. The summed E-state index contributed by atoms with van der Waals surface area (Å²) in [6.07, 6.45) is 3.58. The van der Waals surface area contributed by atoms with Crippen molar-refractivity contribution in [3.05, 3.63) is 63.2 Å². The fraction of sp³-hybridized carbons (Fsp3) is 0.263. The largest absolute Gasteiger partial charge is 0.486 e. The van der Waals surface area contributed by atoms with E-state index in [0.717, 1.165) is 12.8 Å². The molecule has 0 unspecified atom stereocenters. The van der Waals surface area contributed by atoms with Crippen LogP contribution in [0.25, 0.3) is 6.08 Å². The standard InChI is InChI=1S/C19H17N3O5S/c1-11-8-13(6-7-17(11)22(24)25)26-10-15-5-4-14(27-15)9-16-18(23)21(12-2-3-12)19(28)20-16/h4-9,12H,2-3,10H2,1H3,(H,20,28)/b16-9+. The summed E-state index contributed by atoms with van der Waals surface area (Å²) in [5.74, 6) is 1.45. The molecule has 1 N–H and O–H groups in total. The van der Waals surface area contributed by atoms with Gasteiger partial charge >= 0.3 is 0 Å². The van der Waals surface area contributed by atoms with Gasteiger partial charge in [0.05, 0.1) is 4.92 Å². The Morgan fingerprint density at radius 2 is 2.18 bits per heavy atom. The van der Waals surface area contributed by atoms with Crippen molar-refractivity contribution >= 4 is 35.0 Å². The molecule has 0 bridgehead atoms. The van der Waals surface area contributed by atoms with Gasteiger partial charge in [0.1, 0.15) is 29.6 Å². The van der Waals surface area contributed by atoms with Crippen molar-refractivity contribution in [2.45, 2.75) is 32.4 Å². The molecule has 1 aromatic heterocycles. The van der Waals surface area contributed by atoms with Crippen LogP contribution in [0.1, 0.15) is 29.9 Å². The average Bonchev–Trinajstić information content (AvgIpc) is 3.30. The number of carbonyl (C=O) groups is 1. The first kappa shape index (κ1) is 18.2. The van der Waals surface area contributed by atoms with Gasteiger partial charge in [0.25, 0.3) is 11.6 Å². The molecule has 28 heavy (non-hydrogen) atoms. The molecule has 1 aliphatic carbocycles. The zero-order chi connectivity index (χ0) is 19.8. The Kier molecular flexibility index (Phi) is 4.60. The normalized spacial score (nSPS) is 17.9. The van der Waals surface area contributed by atoms with Gasteiger partial charge in [-0.25, -0.2) is 0 Å². The number of nitro benzene ring substituents is 1. The molecular formula is C19H17N3O5S. The molecule has 0 spiro atoms. The van der Waals surface area contributed by atoms with Crippen molar-refractivity contribution < 1.29 is 18.9 Å². The van der Waals surface area contributed by atoms with E-state index in [1.54, 1.807) is 42.2 Å². The Labute approximate surface area is 165 Å². The SMILES string of the molecule is Cc1cc(OCc2ccc(/C=C3/NC(=S)N(C4CC4)C3=O)o2)ccc1[N+](=O)[O-]. The summed E-state index contributed by atoms with van der Waals surface area (Å²) >= 11 is 5.22. The number of carbonyl (C=O) groups excluding carboxylic acids is 1. The van der Waals surface area contributed by atoms with Gasteiger partial charge in [-0.15, -0.1) is 0 Å². The lowest BCUT2D eigenvalue weighted by molar-refractivity contribution is -0.385. The van der Waals surface area contributed by atoms with Gasteiger partial charge in [-0.05, 0) is 56.2 Å². The Hall–Kier alpha value is -3.20. The van der Waals surface area contributed by atoms with Crippen molar-refractivity contribution in [3.8, 4) is 5.75 Å². The first-order valence-corrected chi connectivity index (χ1v) is 9.16. The van der Waals surface area contributed by atoms with E-state index in [1.165, 1.54) is 6.07 Å². The molecule has 2 fully saturated rings. The zero-order valence-electron chi connectivity index (χ0n) is 15.0. The summed E-state index contributed by atoms with van der Waals surface area (Å²) in [7, 11) is 0. The Bertz CT molecular complexity index is 1010. The third-order valence-corrected chi connectivity index (χ3v) is 4.84. The van der Waals surface area contributed by atoms with Gasteiger partial charge in [0.15, 0.2) is 5.11 Å². The molecular weight excluding hydrogens is 382 g/mol. The van der Waals surface area contributed by atoms with Gasteiger partial charge in [-0.2, -0.15) is 0 Å². The van der Waals surface area contributed by atoms with E-state index in [-0.39, 0.29) is 24.2 Å². The maximum absolute atomic E-state index is 12.4. The third kappa shape index (κ3) is 3.61. The molecule has 2 heterocycles. The Morgan fingerprint density at radius 1 is 1.39 bits per heavy atom. The van der Waals surface area contributed by atoms with Crippen LogP contribution in [0.15, 0.2) is 40.4 Å². The van der Waals surface area contributed by atoms with E-state index in [0.29, 0.717) is 33.6 Å². The molecule has 1 aliphatic heterocycles. The highest BCUT2D eigenvalue weighted by molar-refractivity contribution is 7.80. The van der Waals surface area contributed by atoms with Crippen LogP contribution < -0.4 is 10.1 Å². The Balaban J connectivity index is 1.41. The Morgan fingerprint density at radius 3 is 2.86 bits per heavy atom. The fourth-order valence-electron chi connectivity index (χ4n) is 2.98. The van der Waals surface area contributed by atoms with Crippen LogP contribution in [0.2, 0.25) is 0 Å². The summed E-state index contributed by atoms with van der Waals surface area (Å²) in [6.45, 7) is 1.82. The molecule has 144 valence electrons. The molecule has 1 aromatic carbocycles. The molecule has 1 saturated heterocycles. The van der Waals surface area contributed by atoms with E-state index in [4.69, 9.17) is 21.4 Å². The number of nitro groups is 1. The second-order valence-electron chi connectivity index (χ2n) is 6.69. The van der Waals surface area contributed by atoms with Gasteiger partial charge in [0, 0.05) is 23.7 Å². The molecule has 8 nitrogen and oxygen atoms in total. The van der Waals surface area contributed by atoms with E-state index in [1.807, 2.05) is 0 Å². The highest BCUT2D eigenvalue weighted by Crippen LogP contribution is 2.31. The van der Waals surface area contributed by atoms with Crippen molar-refractivity contribution in [1.82, 2.24) is 10.2 Å². The number of benzene rings is 1. The van der Waals surface area contributed by atoms with Gasteiger partial charge < -0.3 is 14.5 Å². The number of rotatable bonds is 6. The third-order valence-electron chi connectivity index (χ3n) is 4.54. The zero-order valence-corrected chi connectivity index (χ0v) is 15.8. The minimum Gasteiger partial charge on any atom is -0.486 e. The predicted molar refractivity (Wildman–Crippen MR) is 104 cm³/mol. The van der Waals surface area contributed by atoms with Crippen LogP contribution >= 0.6 is 12.2 Å². The maximum atomic E-state index is 12.4. The van der Waals surface area contributed by atoms with Crippen molar-refractivity contribution in [3.63, 3.8) is 0 Å². The lowest BCUT2D eigenvalue weighted by Gasteiger charge is -2.11. The van der Waals surface area contributed by atoms with Gasteiger partial charge in [-0.1, -0.05) is 0 Å². The molecule has 0 atom stereocenters. The lowest BCUT2D eigenvalue weighted by Crippen LogP contribution is -2.32. The minimum atomic E-state index is -0.431. The fourth-order valence-corrected chi connectivity index (χ4v) is 3.32. The number of amides is 1. The minimum absolute atomic E-state index is 0.0474. The van der Waals surface area contributed by atoms with Crippen LogP contribution in [0.3, 0.4) is 0 Å². The van der Waals surface area contributed by atoms with E-state index >= 15 is 0 Å². The molecule has 1 amide bonds. The van der Waals surface area contributed by atoms with Crippen molar-refractivity contribution in [1.29, 1.82) is 0 Å². The molecule has 0 radical (unpaired) electrons. The smallest absolute Gasteiger partial charge is 0.276 e. The number of nitrogens with zero attached hydrogens (tertiary/aromatic N) is 2. The monoisotopic (exact) mass is 399 g/mol. The topological polar surface area (TPSA) is 97.8 Å². The van der Waals surface area contributed by atoms with E-state index < -0.39 is 4.92 Å². The highest BCUT2D eigenvalue weighted by Gasteiger charge is 2.41. The first-order chi connectivity index (χ1) is 13.4. The van der Waals surface area contributed by atoms with Crippen molar-refractivity contribution in [2.75, 3.05) is 0 Å². The molecule has 4 rings (SSSR count). The molecule has 1 saturated carbocycles. The van der Waals surface area contributed by atoms with Crippen LogP contribution in [0.5, 0.6) is 5.75 Å². The maximum Gasteiger partial charge on any atom is 0.276 e. The van der Waals surface area contributed by atoms with Gasteiger partial charge in [-0.3, -0.25) is 19.8 Å². The summed E-state index contributed by atoms with van der Waals surface area (Å²) in [5.41, 5.74) is 0.963. The van der Waals surface area contributed by atoms with Crippen LogP contribution in [-0.4, -0.2) is 26.9 Å². The number of thiocarbonyl (C=S) groups is 1. The highest BCUT2D eigenvalue weighted by atomic mass is 32.1. The van der Waals surface area contributed by atoms with Crippen LogP contribution in [-0.2, 0) is 11.4 Å². The van der Waals surface area contributed by atoms with Gasteiger partial charge in [0.2, 0.25) is 0 Å². The number of nitrogens with one attached hydrogen (secondary N) is 1. The number of aryl methyl sites for hydroxylation is 1. The van der Waals surface area contributed by atoms with Crippen LogP contribution in [0.4, 0.5) is 5.69 Å².